The molecule has 2 aromatic rings. The summed E-state index contributed by atoms with van der Waals surface area (Å²) in [6.07, 6.45) is 0.545. The molecule has 0 amide bonds. The molecule has 2 aromatic carbocycles. The fourth-order valence-electron chi connectivity index (χ4n) is 2.33. The third-order valence-electron chi connectivity index (χ3n) is 3.65. The summed E-state index contributed by atoms with van der Waals surface area (Å²) in [5.41, 5.74) is 1.18. The number of carbonyl (C=O) groups excluding carboxylic acids is 3. The SMILES string of the molecule is COC(=O)c1ccc(COC(=O)c2c(C=O)ccc(OC)c2OC)cc1. The minimum absolute atomic E-state index is 0.00645. The summed E-state index contributed by atoms with van der Waals surface area (Å²) in [7, 11) is 4.09. The molecule has 7 nitrogen and oxygen atoms in total. The first-order valence-corrected chi connectivity index (χ1v) is 7.60. The molecule has 136 valence electrons. The second-order valence-electron chi connectivity index (χ2n) is 5.15. The van der Waals surface area contributed by atoms with Gasteiger partial charge in [0.25, 0.3) is 0 Å². The van der Waals surface area contributed by atoms with Crippen molar-refractivity contribution in [1.82, 2.24) is 0 Å². The van der Waals surface area contributed by atoms with Crippen molar-refractivity contribution in [3.05, 3.63) is 58.7 Å². The fourth-order valence-corrected chi connectivity index (χ4v) is 2.33. The highest BCUT2D eigenvalue weighted by atomic mass is 16.5. The average Bonchev–Trinajstić information content (AvgIpc) is 2.70. The lowest BCUT2D eigenvalue weighted by molar-refractivity contribution is 0.0465. The summed E-state index contributed by atoms with van der Waals surface area (Å²) >= 11 is 0. The molecule has 0 aromatic heterocycles. The Morgan fingerprint density at radius 2 is 1.62 bits per heavy atom. The standard InChI is InChI=1S/C19H18O7/c1-23-15-9-8-14(10-20)16(17(15)24-2)19(22)26-11-12-4-6-13(7-5-12)18(21)25-3/h4-10H,11H2,1-3H3. The van der Waals surface area contributed by atoms with E-state index in [0.29, 0.717) is 23.2 Å². The van der Waals surface area contributed by atoms with Crippen LogP contribution in [-0.2, 0) is 16.1 Å². The van der Waals surface area contributed by atoms with Crippen molar-refractivity contribution in [3.8, 4) is 11.5 Å². The van der Waals surface area contributed by atoms with Gasteiger partial charge in [-0.1, -0.05) is 12.1 Å². The summed E-state index contributed by atoms with van der Waals surface area (Å²) in [5.74, 6) is -0.735. The molecule has 0 aliphatic rings. The van der Waals surface area contributed by atoms with Gasteiger partial charge in [-0.2, -0.15) is 0 Å². The van der Waals surface area contributed by atoms with Gasteiger partial charge in [0.2, 0.25) is 0 Å². The van der Waals surface area contributed by atoms with Gasteiger partial charge in [0.05, 0.1) is 26.9 Å². The van der Waals surface area contributed by atoms with Crippen LogP contribution in [0.4, 0.5) is 0 Å². The van der Waals surface area contributed by atoms with E-state index in [-0.39, 0.29) is 23.5 Å². The van der Waals surface area contributed by atoms with Crippen LogP contribution in [-0.4, -0.2) is 39.6 Å². The largest absolute Gasteiger partial charge is 0.493 e. The molecule has 0 bridgehead atoms. The van der Waals surface area contributed by atoms with E-state index in [4.69, 9.17) is 14.2 Å². The first-order valence-electron chi connectivity index (χ1n) is 7.60. The Kier molecular flexibility index (Phi) is 6.32. The minimum atomic E-state index is -0.722. The van der Waals surface area contributed by atoms with Crippen LogP contribution >= 0.6 is 0 Å². The molecule has 2 rings (SSSR count). The van der Waals surface area contributed by atoms with E-state index >= 15 is 0 Å². The summed E-state index contributed by atoms with van der Waals surface area (Å²) in [5, 5.41) is 0. The van der Waals surface area contributed by atoms with Gasteiger partial charge < -0.3 is 18.9 Å². The lowest BCUT2D eigenvalue weighted by Gasteiger charge is -2.14. The quantitative estimate of drug-likeness (QED) is 0.555. The van der Waals surface area contributed by atoms with Crippen molar-refractivity contribution in [2.24, 2.45) is 0 Å². The van der Waals surface area contributed by atoms with Crippen LogP contribution in [0.5, 0.6) is 11.5 Å². The number of esters is 2. The van der Waals surface area contributed by atoms with E-state index in [2.05, 4.69) is 4.74 Å². The number of ether oxygens (including phenoxy) is 4. The monoisotopic (exact) mass is 358 g/mol. The lowest BCUT2D eigenvalue weighted by atomic mass is 10.1. The summed E-state index contributed by atoms with van der Waals surface area (Å²) < 4.78 is 20.2. The van der Waals surface area contributed by atoms with E-state index in [0.717, 1.165) is 0 Å². The Hall–Kier alpha value is -3.35. The molecule has 0 heterocycles. The topological polar surface area (TPSA) is 88.1 Å². The van der Waals surface area contributed by atoms with Crippen LogP contribution in [0.1, 0.15) is 36.6 Å². The number of hydrogen-bond acceptors (Lipinski definition) is 7. The van der Waals surface area contributed by atoms with E-state index in [1.807, 2.05) is 0 Å². The van der Waals surface area contributed by atoms with E-state index in [9.17, 15) is 14.4 Å². The Balaban J connectivity index is 2.20. The van der Waals surface area contributed by atoms with Crippen molar-refractivity contribution < 1.29 is 33.3 Å². The zero-order valence-corrected chi connectivity index (χ0v) is 14.6. The molecule has 7 heteroatoms. The van der Waals surface area contributed by atoms with Gasteiger partial charge in [-0.3, -0.25) is 4.79 Å². The molecular formula is C19H18O7. The maximum absolute atomic E-state index is 12.5. The highest BCUT2D eigenvalue weighted by Gasteiger charge is 2.22. The number of rotatable bonds is 7. The molecule has 0 radical (unpaired) electrons. The molecule has 0 aliphatic carbocycles. The Bertz CT molecular complexity index is 809. The molecule has 0 N–H and O–H groups in total. The second-order valence-corrected chi connectivity index (χ2v) is 5.15. The normalized spacial score (nSPS) is 9.96. The molecule has 0 fully saturated rings. The molecule has 0 unspecified atom stereocenters. The summed E-state index contributed by atoms with van der Waals surface area (Å²) in [4.78, 5) is 35.1. The van der Waals surface area contributed by atoms with Gasteiger partial charge in [-0.15, -0.1) is 0 Å². The maximum atomic E-state index is 12.5. The van der Waals surface area contributed by atoms with E-state index in [1.54, 1.807) is 24.3 Å². The third-order valence-corrected chi connectivity index (χ3v) is 3.65. The van der Waals surface area contributed by atoms with Crippen molar-refractivity contribution in [2.45, 2.75) is 6.61 Å². The smallest absolute Gasteiger partial charge is 0.343 e. The van der Waals surface area contributed by atoms with Crippen LogP contribution in [0, 0.1) is 0 Å². The molecule has 0 spiro atoms. The van der Waals surface area contributed by atoms with E-state index < -0.39 is 11.9 Å². The van der Waals surface area contributed by atoms with Crippen LogP contribution in [0.2, 0.25) is 0 Å². The number of aldehydes is 1. The Morgan fingerprint density at radius 3 is 2.15 bits per heavy atom. The summed E-state index contributed by atoms with van der Waals surface area (Å²) in [6.45, 7) is -0.0427. The maximum Gasteiger partial charge on any atom is 0.343 e. The van der Waals surface area contributed by atoms with Gasteiger partial charge in [0.15, 0.2) is 17.8 Å². The Morgan fingerprint density at radius 1 is 0.923 bits per heavy atom. The minimum Gasteiger partial charge on any atom is -0.493 e. The van der Waals surface area contributed by atoms with Crippen molar-refractivity contribution in [3.63, 3.8) is 0 Å². The molecule has 0 saturated carbocycles. The number of methoxy groups -OCH3 is 3. The predicted octanol–water partition coefficient (Wildman–Crippen LogP) is 2.66. The Labute approximate surface area is 150 Å². The molecular weight excluding hydrogens is 340 g/mol. The zero-order chi connectivity index (χ0) is 19.1. The van der Waals surface area contributed by atoms with Gasteiger partial charge in [-0.05, 0) is 29.8 Å². The average molecular weight is 358 g/mol. The number of carbonyl (C=O) groups is 3. The van der Waals surface area contributed by atoms with Gasteiger partial charge in [-0.25, -0.2) is 9.59 Å². The van der Waals surface area contributed by atoms with Crippen LogP contribution < -0.4 is 9.47 Å². The van der Waals surface area contributed by atoms with E-state index in [1.165, 1.54) is 33.5 Å². The first-order chi connectivity index (χ1) is 12.5. The zero-order valence-electron chi connectivity index (χ0n) is 14.6. The fraction of sp³-hybridized carbons (Fsp3) is 0.211. The molecule has 26 heavy (non-hydrogen) atoms. The van der Waals surface area contributed by atoms with Gasteiger partial charge in [0, 0.05) is 5.56 Å². The highest BCUT2D eigenvalue weighted by Crippen LogP contribution is 2.33. The van der Waals surface area contributed by atoms with Crippen LogP contribution in [0.3, 0.4) is 0 Å². The third kappa shape index (κ3) is 4.00. The highest BCUT2D eigenvalue weighted by molar-refractivity contribution is 6.01. The van der Waals surface area contributed by atoms with Crippen molar-refractivity contribution >= 4 is 18.2 Å². The van der Waals surface area contributed by atoms with Crippen LogP contribution in [0.15, 0.2) is 36.4 Å². The molecule has 0 atom stereocenters. The first kappa shape index (κ1) is 19.0. The molecule has 0 saturated heterocycles. The summed E-state index contributed by atoms with van der Waals surface area (Å²) in [6, 6.07) is 9.41. The van der Waals surface area contributed by atoms with Crippen LogP contribution in [0.25, 0.3) is 0 Å². The number of benzene rings is 2. The second kappa shape index (κ2) is 8.66. The van der Waals surface area contributed by atoms with Gasteiger partial charge in [0.1, 0.15) is 12.2 Å². The van der Waals surface area contributed by atoms with Gasteiger partial charge >= 0.3 is 11.9 Å². The predicted molar refractivity (Wildman–Crippen MR) is 91.8 cm³/mol. The molecule has 0 aliphatic heterocycles. The number of hydrogen-bond donors (Lipinski definition) is 0. The lowest BCUT2D eigenvalue weighted by Crippen LogP contribution is -2.11. The van der Waals surface area contributed by atoms with Crippen molar-refractivity contribution in [2.75, 3.05) is 21.3 Å². The van der Waals surface area contributed by atoms with Crippen molar-refractivity contribution in [1.29, 1.82) is 0 Å².